The number of hydrogen-bond acceptors (Lipinski definition) is 9. The van der Waals surface area contributed by atoms with Gasteiger partial charge in [-0.05, 0) is 36.4 Å². The molecule has 2 fully saturated rings. The number of rotatable bonds is 9. The van der Waals surface area contributed by atoms with Crippen LogP contribution in [-0.4, -0.2) is 62.3 Å². The highest BCUT2D eigenvalue weighted by molar-refractivity contribution is 7.99. The highest BCUT2D eigenvalue weighted by Gasteiger charge is 2.69. The lowest BCUT2D eigenvalue weighted by atomic mass is 9.80. The molecule has 2 aliphatic rings. The number of fused-ring (bicyclic) bond motifs is 1. The lowest BCUT2D eigenvalue weighted by Crippen LogP contribution is -2.58. The van der Waals surface area contributed by atoms with Gasteiger partial charge in [0, 0.05) is 34.9 Å². The number of carboxylic acids is 1. The van der Waals surface area contributed by atoms with Crippen LogP contribution in [0.1, 0.15) is 11.8 Å². The average molecular weight is 538 g/mol. The van der Waals surface area contributed by atoms with Crippen molar-refractivity contribution in [3.63, 3.8) is 0 Å². The molecule has 4 unspecified atom stereocenters. The standard InChI is InChI=1S/C26H23N3O8S/c30-14-26(25(33)34)21-20(23(31)28(24(21)32)12-13-38-17-4-2-1-3-5-17)22(27-26)19-11-10-18(37-19)15-6-8-16(9-7-15)29(35)36/h1-11,20-22,27,30H,12-14H2,(H,33,34). The lowest BCUT2D eigenvalue weighted by molar-refractivity contribution is -0.384. The fraction of sp³-hybridized carbons (Fsp3) is 0.269. The molecule has 5 rings (SSSR count). The molecule has 12 heteroatoms. The molecule has 0 bridgehead atoms. The molecule has 3 heterocycles. The molecule has 2 amide bonds. The number of nitrogens with one attached hydrogen (secondary N) is 1. The molecule has 11 nitrogen and oxygen atoms in total. The molecule has 2 aliphatic heterocycles. The second-order valence-corrected chi connectivity index (χ2v) is 10.2. The van der Waals surface area contributed by atoms with Crippen LogP contribution < -0.4 is 5.32 Å². The maximum absolute atomic E-state index is 13.5. The molecular formula is C26H23N3O8S. The summed E-state index contributed by atoms with van der Waals surface area (Å²) in [5, 5.41) is 34.0. The molecule has 0 spiro atoms. The Morgan fingerprint density at radius 3 is 2.42 bits per heavy atom. The molecular weight excluding hydrogens is 514 g/mol. The van der Waals surface area contributed by atoms with E-state index in [2.05, 4.69) is 5.32 Å². The summed E-state index contributed by atoms with van der Waals surface area (Å²) >= 11 is 1.46. The second kappa shape index (κ2) is 10.0. The molecule has 4 atom stereocenters. The number of carboxylic acid groups (broad SMARTS) is 1. The lowest BCUT2D eigenvalue weighted by Gasteiger charge is -2.28. The van der Waals surface area contributed by atoms with Gasteiger partial charge in [-0.3, -0.25) is 34.7 Å². The third kappa shape index (κ3) is 4.26. The van der Waals surface area contributed by atoms with Crippen molar-refractivity contribution in [3.8, 4) is 11.3 Å². The minimum absolute atomic E-state index is 0.0874. The monoisotopic (exact) mass is 537 g/mol. The van der Waals surface area contributed by atoms with Crippen LogP contribution >= 0.6 is 11.8 Å². The fourth-order valence-electron chi connectivity index (χ4n) is 5.13. The molecule has 3 N–H and O–H groups in total. The zero-order valence-electron chi connectivity index (χ0n) is 19.9. The van der Waals surface area contributed by atoms with E-state index in [1.54, 1.807) is 12.1 Å². The van der Waals surface area contributed by atoms with E-state index in [0.29, 0.717) is 17.1 Å². The van der Waals surface area contributed by atoms with E-state index >= 15 is 0 Å². The summed E-state index contributed by atoms with van der Waals surface area (Å²) in [6, 6.07) is 17.3. The number of carbonyl (C=O) groups excluding carboxylic acids is 2. The van der Waals surface area contributed by atoms with Gasteiger partial charge >= 0.3 is 5.97 Å². The van der Waals surface area contributed by atoms with E-state index in [9.17, 15) is 34.7 Å². The number of hydrogen-bond donors (Lipinski definition) is 3. The van der Waals surface area contributed by atoms with E-state index in [-0.39, 0.29) is 18.0 Å². The number of likely N-dealkylation sites (tertiary alicyclic amines) is 1. The number of nitro groups is 1. The number of non-ortho nitro benzene ring substituents is 1. The van der Waals surface area contributed by atoms with Gasteiger partial charge in [0.15, 0.2) is 5.54 Å². The Labute approximate surface area is 220 Å². The Bertz CT molecular complexity index is 1390. The zero-order chi connectivity index (χ0) is 27.0. The topological polar surface area (TPSA) is 163 Å². The molecule has 0 saturated carbocycles. The first kappa shape index (κ1) is 25.6. The number of aliphatic carboxylic acids is 1. The maximum atomic E-state index is 13.5. The smallest absolute Gasteiger partial charge is 0.327 e. The van der Waals surface area contributed by atoms with Crippen LogP contribution in [0.4, 0.5) is 5.69 Å². The Kier molecular flexibility index (Phi) is 6.78. The fourth-order valence-corrected chi connectivity index (χ4v) is 5.99. The van der Waals surface area contributed by atoms with Crippen molar-refractivity contribution >= 4 is 35.2 Å². The number of carbonyl (C=O) groups is 3. The third-order valence-electron chi connectivity index (χ3n) is 7.00. The molecule has 3 aromatic rings. The summed E-state index contributed by atoms with van der Waals surface area (Å²) in [6.07, 6.45) is 0. The number of furan rings is 1. The highest BCUT2D eigenvalue weighted by atomic mass is 32.2. The Morgan fingerprint density at radius 1 is 1.08 bits per heavy atom. The predicted molar refractivity (Wildman–Crippen MR) is 135 cm³/mol. The van der Waals surface area contributed by atoms with Crippen LogP contribution in [-0.2, 0) is 14.4 Å². The van der Waals surface area contributed by atoms with Crippen molar-refractivity contribution in [2.75, 3.05) is 18.9 Å². The number of amides is 2. The first-order valence-corrected chi connectivity index (χ1v) is 12.7. The first-order valence-electron chi connectivity index (χ1n) is 11.8. The average Bonchev–Trinajstić information content (AvgIpc) is 3.60. The van der Waals surface area contributed by atoms with Crippen LogP contribution in [0, 0.1) is 22.0 Å². The van der Waals surface area contributed by atoms with E-state index in [0.717, 1.165) is 9.80 Å². The molecule has 196 valence electrons. The number of benzene rings is 2. The molecule has 0 aliphatic carbocycles. The molecule has 38 heavy (non-hydrogen) atoms. The Balaban J connectivity index is 1.42. The molecule has 2 saturated heterocycles. The van der Waals surface area contributed by atoms with Crippen molar-refractivity contribution in [2.24, 2.45) is 11.8 Å². The summed E-state index contributed by atoms with van der Waals surface area (Å²) in [4.78, 5) is 51.7. The summed E-state index contributed by atoms with van der Waals surface area (Å²) < 4.78 is 5.94. The van der Waals surface area contributed by atoms with Crippen LogP contribution in [0.25, 0.3) is 11.3 Å². The zero-order valence-corrected chi connectivity index (χ0v) is 20.7. The summed E-state index contributed by atoms with van der Waals surface area (Å²) in [7, 11) is 0. The van der Waals surface area contributed by atoms with Gasteiger partial charge in [0.1, 0.15) is 11.5 Å². The van der Waals surface area contributed by atoms with E-state index < -0.39 is 52.7 Å². The maximum Gasteiger partial charge on any atom is 0.327 e. The Hall–Kier alpha value is -4.00. The van der Waals surface area contributed by atoms with Crippen molar-refractivity contribution in [1.29, 1.82) is 0 Å². The van der Waals surface area contributed by atoms with Crippen LogP contribution in [0.5, 0.6) is 0 Å². The van der Waals surface area contributed by atoms with Gasteiger partial charge in [0.25, 0.3) is 5.69 Å². The normalized spacial score (nSPS) is 24.6. The number of aliphatic hydroxyl groups is 1. The van der Waals surface area contributed by atoms with Gasteiger partial charge < -0.3 is 14.6 Å². The van der Waals surface area contributed by atoms with Crippen molar-refractivity contribution in [1.82, 2.24) is 10.2 Å². The van der Waals surface area contributed by atoms with Gasteiger partial charge in [-0.15, -0.1) is 11.8 Å². The van der Waals surface area contributed by atoms with Crippen LogP contribution in [0.15, 0.2) is 76.0 Å². The van der Waals surface area contributed by atoms with Crippen LogP contribution in [0.2, 0.25) is 0 Å². The van der Waals surface area contributed by atoms with E-state index in [4.69, 9.17) is 4.42 Å². The van der Waals surface area contributed by atoms with Gasteiger partial charge in [-0.2, -0.15) is 0 Å². The number of thioether (sulfide) groups is 1. The first-order chi connectivity index (χ1) is 18.3. The number of imide groups is 1. The van der Waals surface area contributed by atoms with E-state index in [1.165, 1.54) is 36.0 Å². The van der Waals surface area contributed by atoms with Crippen LogP contribution in [0.3, 0.4) is 0 Å². The number of nitrogens with zero attached hydrogens (tertiary/aromatic N) is 2. The summed E-state index contributed by atoms with van der Waals surface area (Å²) in [5.41, 5.74) is -1.61. The number of aliphatic hydroxyl groups excluding tert-OH is 1. The summed E-state index contributed by atoms with van der Waals surface area (Å²) in [5.74, 6) is -4.06. The SMILES string of the molecule is O=C1C2C(c3ccc(-c4ccc([N+](=O)[O-])cc4)o3)NC(CO)(C(=O)O)C2C(=O)N1CCSc1ccccc1. The quantitative estimate of drug-likeness (QED) is 0.160. The summed E-state index contributed by atoms with van der Waals surface area (Å²) in [6.45, 7) is -0.814. The molecule has 1 aromatic heterocycles. The minimum Gasteiger partial charge on any atom is -0.480 e. The second-order valence-electron chi connectivity index (χ2n) is 9.06. The van der Waals surface area contributed by atoms with Crippen molar-refractivity contribution < 1.29 is 33.9 Å². The van der Waals surface area contributed by atoms with Gasteiger partial charge in [0.2, 0.25) is 11.8 Å². The van der Waals surface area contributed by atoms with Gasteiger partial charge in [0.05, 0.1) is 29.4 Å². The minimum atomic E-state index is -2.07. The van der Waals surface area contributed by atoms with Crippen molar-refractivity contribution in [3.05, 3.63) is 82.6 Å². The largest absolute Gasteiger partial charge is 0.480 e. The van der Waals surface area contributed by atoms with E-state index in [1.807, 2.05) is 30.3 Å². The third-order valence-corrected chi connectivity index (χ3v) is 7.99. The number of nitro benzene ring substituents is 1. The predicted octanol–water partition coefficient (Wildman–Crippen LogP) is 2.71. The van der Waals surface area contributed by atoms with Gasteiger partial charge in [-0.25, -0.2) is 0 Å². The van der Waals surface area contributed by atoms with Crippen molar-refractivity contribution in [2.45, 2.75) is 16.5 Å². The highest BCUT2D eigenvalue weighted by Crippen LogP contribution is 2.49. The molecule has 2 aromatic carbocycles. The van der Waals surface area contributed by atoms with Gasteiger partial charge in [-0.1, -0.05) is 18.2 Å². The molecule has 0 radical (unpaired) electrons. The Morgan fingerprint density at radius 2 is 1.79 bits per heavy atom.